The largest absolute Gasteiger partial charge is 0.383 e. The predicted octanol–water partition coefficient (Wildman–Crippen LogP) is 2.78. The quantitative estimate of drug-likeness (QED) is 0.689. The maximum absolute atomic E-state index is 12.0. The Balaban J connectivity index is 2.57. The van der Waals surface area contributed by atoms with Crippen LogP contribution in [-0.4, -0.2) is 32.7 Å². The molecule has 0 heterocycles. The third kappa shape index (κ3) is 7.46. The Morgan fingerprint density at radius 1 is 1.29 bits per heavy atom. The lowest BCUT2D eigenvalue weighted by molar-refractivity contribution is -0.121. The van der Waals surface area contributed by atoms with E-state index in [2.05, 4.69) is 24.5 Å². The zero-order valence-corrected chi connectivity index (χ0v) is 13.7. The van der Waals surface area contributed by atoms with Crippen LogP contribution >= 0.6 is 11.6 Å². The van der Waals surface area contributed by atoms with E-state index < -0.39 is 0 Å². The standard InChI is InChI=1S/C16H25ClN2O2/c1-12(2)10-15(13-4-6-14(17)7-5-13)19-16(20)11-18-8-9-21-3/h4-7,12,15,18H,8-11H2,1-3H3,(H,19,20). The molecule has 1 rings (SSSR count). The van der Waals surface area contributed by atoms with Crippen LogP contribution in [0, 0.1) is 5.92 Å². The molecule has 0 fully saturated rings. The molecular formula is C16H25ClN2O2. The van der Waals surface area contributed by atoms with Gasteiger partial charge in [0.1, 0.15) is 0 Å². The van der Waals surface area contributed by atoms with Crippen molar-refractivity contribution in [3.63, 3.8) is 0 Å². The summed E-state index contributed by atoms with van der Waals surface area (Å²) >= 11 is 5.92. The molecule has 0 saturated heterocycles. The zero-order chi connectivity index (χ0) is 15.7. The van der Waals surface area contributed by atoms with E-state index in [0.717, 1.165) is 12.0 Å². The molecule has 1 aromatic rings. The van der Waals surface area contributed by atoms with Gasteiger partial charge in [-0.15, -0.1) is 0 Å². The van der Waals surface area contributed by atoms with Gasteiger partial charge in [0.05, 0.1) is 19.2 Å². The average molecular weight is 313 g/mol. The first-order valence-corrected chi connectivity index (χ1v) is 7.65. The van der Waals surface area contributed by atoms with Crippen molar-refractivity contribution in [3.05, 3.63) is 34.9 Å². The minimum atomic E-state index is -0.00768. The van der Waals surface area contributed by atoms with E-state index in [-0.39, 0.29) is 11.9 Å². The van der Waals surface area contributed by atoms with E-state index >= 15 is 0 Å². The molecule has 0 aliphatic carbocycles. The van der Waals surface area contributed by atoms with E-state index in [1.54, 1.807) is 7.11 Å². The first kappa shape index (κ1) is 18.0. The minimum Gasteiger partial charge on any atom is -0.383 e. The van der Waals surface area contributed by atoms with Gasteiger partial charge in [0, 0.05) is 18.7 Å². The molecule has 0 saturated carbocycles. The molecule has 118 valence electrons. The van der Waals surface area contributed by atoms with Crippen molar-refractivity contribution in [3.8, 4) is 0 Å². The molecule has 1 atom stereocenters. The molecule has 5 heteroatoms. The van der Waals surface area contributed by atoms with E-state index in [0.29, 0.717) is 30.6 Å². The van der Waals surface area contributed by atoms with Gasteiger partial charge in [-0.2, -0.15) is 0 Å². The minimum absolute atomic E-state index is 0.00768. The van der Waals surface area contributed by atoms with Gasteiger partial charge in [-0.1, -0.05) is 37.6 Å². The van der Waals surface area contributed by atoms with Crippen molar-refractivity contribution in [2.24, 2.45) is 5.92 Å². The van der Waals surface area contributed by atoms with Crippen molar-refractivity contribution in [2.45, 2.75) is 26.3 Å². The number of amides is 1. The maximum Gasteiger partial charge on any atom is 0.234 e. The second kappa shape index (κ2) is 9.77. The highest BCUT2D eigenvalue weighted by molar-refractivity contribution is 6.30. The van der Waals surface area contributed by atoms with Gasteiger partial charge in [0.2, 0.25) is 5.91 Å². The van der Waals surface area contributed by atoms with Crippen molar-refractivity contribution in [2.75, 3.05) is 26.8 Å². The fourth-order valence-corrected chi connectivity index (χ4v) is 2.19. The highest BCUT2D eigenvalue weighted by atomic mass is 35.5. The summed E-state index contributed by atoms with van der Waals surface area (Å²) in [5.41, 5.74) is 1.08. The molecule has 0 radical (unpaired) electrons. The summed E-state index contributed by atoms with van der Waals surface area (Å²) in [6.07, 6.45) is 0.894. The molecular weight excluding hydrogens is 288 g/mol. The number of halogens is 1. The van der Waals surface area contributed by atoms with Crippen LogP contribution in [0.1, 0.15) is 31.9 Å². The monoisotopic (exact) mass is 312 g/mol. The lowest BCUT2D eigenvalue weighted by Crippen LogP contribution is -2.37. The van der Waals surface area contributed by atoms with E-state index in [4.69, 9.17) is 16.3 Å². The van der Waals surface area contributed by atoms with Gasteiger partial charge in [0.15, 0.2) is 0 Å². The van der Waals surface area contributed by atoms with Gasteiger partial charge in [-0.05, 0) is 30.0 Å². The van der Waals surface area contributed by atoms with Gasteiger partial charge in [-0.25, -0.2) is 0 Å². The number of rotatable bonds is 9. The van der Waals surface area contributed by atoms with Crippen molar-refractivity contribution < 1.29 is 9.53 Å². The van der Waals surface area contributed by atoms with Gasteiger partial charge in [-0.3, -0.25) is 4.79 Å². The van der Waals surface area contributed by atoms with Crippen LogP contribution in [-0.2, 0) is 9.53 Å². The second-order valence-electron chi connectivity index (χ2n) is 5.47. The average Bonchev–Trinajstić information content (AvgIpc) is 2.43. The lowest BCUT2D eigenvalue weighted by Gasteiger charge is -2.21. The fraction of sp³-hybridized carbons (Fsp3) is 0.562. The van der Waals surface area contributed by atoms with Crippen LogP contribution in [0.5, 0.6) is 0 Å². The topological polar surface area (TPSA) is 50.4 Å². The number of carbonyl (C=O) groups excluding carboxylic acids is 1. The highest BCUT2D eigenvalue weighted by Gasteiger charge is 2.15. The van der Waals surface area contributed by atoms with Crippen molar-refractivity contribution in [1.29, 1.82) is 0 Å². The fourth-order valence-electron chi connectivity index (χ4n) is 2.07. The first-order chi connectivity index (χ1) is 10.0. The van der Waals surface area contributed by atoms with E-state index in [1.165, 1.54) is 0 Å². The SMILES string of the molecule is COCCNCC(=O)NC(CC(C)C)c1ccc(Cl)cc1. The number of hydrogen-bond donors (Lipinski definition) is 2. The number of hydrogen-bond acceptors (Lipinski definition) is 3. The molecule has 2 N–H and O–H groups in total. The Hall–Kier alpha value is -1.10. The smallest absolute Gasteiger partial charge is 0.234 e. The maximum atomic E-state index is 12.0. The Kier molecular flexibility index (Phi) is 8.35. The summed E-state index contributed by atoms with van der Waals surface area (Å²) in [5, 5.41) is 6.83. The lowest BCUT2D eigenvalue weighted by atomic mass is 9.97. The Morgan fingerprint density at radius 3 is 2.52 bits per heavy atom. The molecule has 0 spiro atoms. The number of nitrogens with one attached hydrogen (secondary N) is 2. The van der Waals surface area contributed by atoms with Crippen molar-refractivity contribution in [1.82, 2.24) is 10.6 Å². The predicted molar refractivity (Wildman–Crippen MR) is 86.5 cm³/mol. The van der Waals surface area contributed by atoms with E-state index in [1.807, 2.05) is 24.3 Å². The number of methoxy groups -OCH3 is 1. The van der Waals surface area contributed by atoms with Gasteiger partial charge in [0.25, 0.3) is 0 Å². The summed E-state index contributed by atoms with van der Waals surface area (Å²) in [6, 6.07) is 7.65. The molecule has 1 aromatic carbocycles. The summed E-state index contributed by atoms with van der Waals surface area (Å²) < 4.78 is 4.93. The molecule has 0 aliphatic rings. The zero-order valence-electron chi connectivity index (χ0n) is 13.0. The van der Waals surface area contributed by atoms with Crippen LogP contribution in [0.2, 0.25) is 5.02 Å². The summed E-state index contributed by atoms with van der Waals surface area (Å²) in [6.45, 7) is 5.85. The van der Waals surface area contributed by atoms with Gasteiger partial charge >= 0.3 is 0 Å². The van der Waals surface area contributed by atoms with Crippen LogP contribution in [0.3, 0.4) is 0 Å². The molecule has 0 bridgehead atoms. The third-order valence-corrected chi connectivity index (χ3v) is 3.34. The number of carbonyl (C=O) groups is 1. The molecule has 1 amide bonds. The number of ether oxygens (including phenoxy) is 1. The summed E-state index contributed by atoms with van der Waals surface area (Å²) in [5.74, 6) is 0.485. The molecule has 21 heavy (non-hydrogen) atoms. The molecule has 0 aromatic heterocycles. The first-order valence-electron chi connectivity index (χ1n) is 7.27. The third-order valence-electron chi connectivity index (χ3n) is 3.08. The van der Waals surface area contributed by atoms with Crippen LogP contribution in [0.15, 0.2) is 24.3 Å². The van der Waals surface area contributed by atoms with Crippen molar-refractivity contribution >= 4 is 17.5 Å². The highest BCUT2D eigenvalue weighted by Crippen LogP contribution is 2.22. The van der Waals surface area contributed by atoms with Crippen LogP contribution in [0.4, 0.5) is 0 Å². The Bertz CT molecular complexity index is 421. The molecule has 0 aliphatic heterocycles. The Labute approximate surface area is 132 Å². The molecule has 4 nitrogen and oxygen atoms in total. The van der Waals surface area contributed by atoms with Crippen LogP contribution in [0.25, 0.3) is 0 Å². The molecule has 1 unspecified atom stereocenters. The van der Waals surface area contributed by atoms with Gasteiger partial charge < -0.3 is 15.4 Å². The summed E-state index contributed by atoms with van der Waals surface area (Å²) in [7, 11) is 1.64. The van der Waals surface area contributed by atoms with E-state index in [9.17, 15) is 4.79 Å². The second-order valence-corrected chi connectivity index (χ2v) is 5.91. The van der Waals surface area contributed by atoms with Crippen LogP contribution < -0.4 is 10.6 Å². The Morgan fingerprint density at radius 2 is 1.95 bits per heavy atom. The summed E-state index contributed by atoms with van der Waals surface area (Å²) in [4.78, 5) is 12.0. The number of benzene rings is 1. The normalized spacial score (nSPS) is 12.4.